The maximum atomic E-state index is 12.1. The first-order chi connectivity index (χ1) is 11.8. The molecule has 0 saturated heterocycles. The van der Waals surface area contributed by atoms with Crippen molar-refractivity contribution in [2.24, 2.45) is 0 Å². The second kappa shape index (κ2) is 7.65. The van der Waals surface area contributed by atoms with Gasteiger partial charge in [-0.3, -0.25) is 9.69 Å². The predicted molar refractivity (Wildman–Crippen MR) is 90.7 cm³/mol. The van der Waals surface area contributed by atoms with Gasteiger partial charge in [-0.05, 0) is 20.8 Å². The molecule has 0 aliphatic rings. The van der Waals surface area contributed by atoms with E-state index in [2.05, 4.69) is 25.7 Å². The predicted octanol–water partition coefficient (Wildman–Crippen LogP) is 1.42. The number of amides is 2. The average molecular weight is 344 g/mol. The number of hydrogen-bond acceptors (Lipinski definition) is 7. The van der Waals surface area contributed by atoms with Gasteiger partial charge in [0.2, 0.25) is 5.82 Å². The smallest absolute Gasteiger partial charge is 0.408 e. The lowest BCUT2D eigenvalue weighted by Gasteiger charge is -2.20. The lowest BCUT2D eigenvalue weighted by Crippen LogP contribution is -2.42. The van der Waals surface area contributed by atoms with Crippen LogP contribution in [0.1, 0.15) is 20.8 Å². The second-order valence-electron chi connectivity index (χ2n) is 6.29. The molecule has 0 aliphatic heterocycles. The molecular weight excluding hydrogens is 324 g/mol. The molecule has 25 heavy (non-hydrogen) atoms. The van der Waals surface area contributed by atoms with Gasteiger partial charge in [0.15, 0.2) is 6.61 Å². The number of aromatic nitrogens is 4. The van der Waals surface area contributed by atoms with Gasteiger partial charge >= 0.3 is 6.09 Å². The third-order valence-electron chi connectivity index (χ3n) is 2.98. The molecule has 0 atom stereocenters. The highest BCUT2D eigenvalue weighted by Crippen LogP contribution is 2.12. The molecule has 0 aliphatic carbocycles. The fraction of sp³-hybridized carbons (Fsp3) is 0.375. The summed E-state index contributed by atoms with van der Waals surface area (Å²) in [5.41, 5.74) is 0.321. The SMILES string of the molecule is CN(C(=O)COC(=O)NC(C)(C)C)c1nnc(-c2ccccc2)nn1. The molecule has 0 radical (unpaired) electrons. The number of benzene rings is 1. The Kier molecular flexibility index (Phi) is 5.58. The van der Waals surface area contributed by atoms with Crippen LogP contribution in [-0.4, -0.2) is 51.6 Å². The maximum absolute atomic E-state index is 12.1. The van der Waals surface area contributed by atoms with Crippen LogP contribution < -0.4 is 10.2 Å². The molecule has 0 bridgehead atoms. The van der Waals surface area contributed by atoms with Gasteiger partial charge in [0, 0.05) is 18.2 Å². The van der Waals surface area contributed by atoms with Crippen LogP contribution in [-0.2, 0) is 9.53 Å². The van der Waals surface area contributed by atoms with E-state index in [0.717, 1.165) is 10.5 Å². The first-order valence-corrected chi connectivity index (χ1v) is 7.60. The largest absolute Gasteiger partial charge is 0.439 e. The number of alkyl carbamates (subject to hydrolysis) is 1. The Morgan fingerprint density at radius 3 is 2.24 bits per heavy atom. The van der Waals surface area contributed by atoms with Crippen LogP contribution in [0.4, 0.5) is 10.7 Å². The van der Waals surface area contributed by atoms with Crippen molar-refractivity contribution in [2.75, 3.05) is 18.6 Å². The van der Waals surface area contributed by atoms with Crippen LogP contribution in [0.3, 0.4) is 0 Å². The average Bonchev–Trinajstić information content (AvgIpc) is 2.58. The Morgan fingerprint density at radius 1 is 1.08 bits per heavy atom. The highest BCUT2D eigenvalue weighted by atomic mass is 16.6. The highest BCUT2D eigenvalue weighted by Gasteiger charge is 2.19. The van der Waals surface area contributed by atoms with E-state index in [0.29, 0.717) is 5.82 Å². The summed E-state index contributed by atoms with van der Waals surface area (Å²) in [4.78, 5) is 24.7. The van der Waals surface area contributed by atoms with Gasteiger partial charge in [-0.1, -0.05) is 30.3 Å². The zero-order valence-electron chi connectivity index (χ0n) is 14.6. The summed E-state index contributed by atoms with van der Waals surface area (Å²) in [6.07, 6.45) is -0.675. The highest BCUT2D eigenvalue weighted by molar-refractivity contribution is 5.92. The van der Waals surface area contributed by atoms with Crippen LogP contribution in [0.25, 0.3) is 11.4 Å². The van der Waals surface area contributed by atoms with Gasteiger partial charge in [-0.25, -0.2) is 4.79 Å². The summed E-state index contributed by atoms with van der Waals surface area (Å²) in [5.74, 6) is -0.129. The first kappa shape index (κ1) is 18.2. The van der Waals surface area contributed by atoms with Gasteiger partial charge in [0.25, 0.3) is 11.9 Å². The van der Waals surface area contributed by atoms with E-state index in [-0.39, 0.29) is 5.95 Å². The molecule has 1 aromatic carbocycles. The van der Waals surface area contributed by atoms with Crippen molar-refractivity contribution in [1.29, 1.82) is 0 Å². The lowest BCUT2D eigenvalue weighted by atomic mass is 10.1. The number of nitrogens with zero attached hydrogens (tertiary/aromatic N) is 5. The van der Waals surface area contributed by atoms with E-state index in [1.807, 2.05) is 51.1 Å². The van der Waals surface area contributed by atoms with Crippen molar-refractivity contribution in [3.05, 3.63) is 30.3 Å². The molecule has 0 spiro atoms. The van der Waals surface area contributed by atoms with Crippen LogP contribution in [0, 0.1) is 0 Å². The summed E-state index contributed by atoms with van der Waals surface area (Å²) < 4.78 is 4.88. The summed E-state index contributed by atoms with van der Waals surface area (Å²) in [7, 11) is 1.45. The first-order valence-electron chi connectivity index (χ1n) is 7.60. The topological polar surface area (TPSA) is 110 Å². The van der Waals surface area contributed by atoms with Gasteiger partial charge in [0.05, 0.1) is 0 Å². The summed E-state index contributed by atoms with van der Waals surface area (Å²) >= 11 is 0. The number of ether oxygens (including phenoxy) is 1. The Labute approximate surface area is 145 Å². The number of anilines is 1. The minimum absolute atomic E-state index is 0.0181. The number of carbonyl (C=O) groups is 2. The summed E-state index contributed by atoms with van der Waals surface area (Å²) in [6, 6.07) is 9.23. The van der Waals surface area contributed by atoms with Crippen LogP contribution in [0.15, 0.2) is 30.3 Å². The Hall–Kier alpha value is -3.10. The van der Waals surface area contributed by atoms with E-state index in [1.54, 1.807) is 0 Å². The summed E-state index contributed by atoms with van der Waals surface area (Å²) in [5, 5.41) is 18.3. The molecule has 1 heterocycles. The van der Waals surface area contributed by atoms with Crippen molar-refractivity contribution in [3.63, 3.8) is 0 Å². The van der Waals surface area contributed by atoms with Crippen LogP contribution in [0.2, 0.25) is 0 Å². The van der Waals surface area contributed by atoms with Crippen molar-refractivity contribution >= 4 is 17.9 Å². The van der Waals surface area contributed by atoms with Gasteiger partial charge in [-0.2, -0.15) is 0 Å². The van der Waals surface area contributed by atoms with Crippen molar-refractivity contribution in [2.45, 2.75) is 26.3 Å². The van der Waals surface area contributed by atoms with E-state index in [4.69, 9.17) is 4.74 Å². The molecular formula is C16H20N6O3. The Bertz CT molecular complexity index is 728. The van der Waals surface area contributed by atoms with Gasteiger partial charge < -0.3 is 10.1 Å². The zero-order valence-corrected chi connectivity index (χ0v) is 14.6. The number of hydrogen-bond donors (Lipinski definition) is 1. The van der Waals surface area contributed by atoms with Crippen molar-refractivity contribution < 1.29 is 14.3 Å². The van der Waals surface area contributed by atoms with E-state index < -0.39 is 24.1 Å². The lowest BCUT2D eigenvalue weighted by molar-refractivity contribution is -0.121. The minimum Gasteiger partial charge on any atom is -0.439 e. The number of carbonyl (C=O) groups excluding carboxylic acids is 2. The molecule has 132 valence electrons. The minimum atomic E-state index is -0.675. The maximum Gasteiger partial charge on any atom is 0.408 e. The fourth-order valence-corrected chi connectivity index (χ4v) is 1.74. The third kappa shape index (κ3) is 5.48. The monoisotopic (exact) mass is 344 g/mol. The third-order valence-corrected chi connectivity index (χ3v) is 2.98. The van der Waals surface area contributed by atoms with E-state index >= 15 is 0 Å². The Balaban J connectivity index is 1.94. The molecule has 2 rings (SSSR count). The quantitative estimate of drug-likeness (QED) is 0.893. The van der Waals surface area contributed by atoms with Gasteiger partial charge in [-0.15, -0.1) is 20.4 Å². The fourth-order valence-electron chi connectivity index (χ4n) is 1.74. The standard InChI is InChI=1S/C16H20N6O3/c1-16(2,3)17-15(24)25-10-12(23)22(4)14-20-18-13(19-21-14)11-8-6-5-7-9-11/h5-9H,10H2,1-4H3,(H,17,24). The van der Waals surface area contributed by atoms with Crippen LogP contribution >= 0.6 is 0 Å². The van der Waals surface area contributed by atoms with Crippen LogP contribution in [0.5, 0.6) is 0 Å². The zero-order chi connectivity index (χ0) is 18.4. The van der Waals surface area contributed by atoms with Crippen molar-refractivity contribution in [1.82, 2.24) is 25.7 Å². The molecule has 1 N–H and O–H groups in total. The molecule has 0 unspecified atom stereocenters. The molecule has 2 aromatic rings. The molecule has 1 aromatic heterocycles. The molecule has 0 saturated carbocycles. The van der Waals surface area contributed by atoms with E-state index in [1.165, 1.54) is 7.05 Å². The number of likely N-dealkylation sites (N-methyl/N-ethyl adjacent to an activating group) is 1. The molecule has 9 nitrogen and oxygen atoms in total. The Morgan fingerprint density at radius 2 is 1.68 bits per heavy atom. The van der Waals surface area contributed by atoms with E-state index in [9.17, 15) is 9.59 Å². The molecule has 9 heteroatoms. The molecule has 2 amide bonds. The second-order valence-corrected chi connectivity index (χ2v) is 6.29. The number of rotatable bonds is 4. The normalized spacial score (nSPS) is 10.9. The number of nitrogens with one attached hydrogen (secondary N) is 1. The molecule has 0 fully saturated rings. The van der Waals surface area contributed by atoms with Gasteiger partial charge in [0.1, 0.15) is 0 Å². The summed E-state index contributed by atoms with van der Waals surface area (Å²) in [6.45, 7) is 4.98. The van der Waals surface area contributed by atoms with Crippen molar-refractivity contribution in [3.8, 4) is 11.4 Å².